The molecule has 0 bridgehead atoms. The van der Waals surface area contributed by atoms with Gasteiger partial charge in [-0.25, -0.2) is 24.9 Å². The highest BCUT2D eigenvalue weighted by molar-refractivity contribution is 9.11. The van der Waals surface area contributed by atoms with Crippen LogP contribution < -0.4 is 10.9 Å². The van der Waals surface area contributed by atoms with Gasteiger partial charge in [0.05, 0.1) is 122 Å². The van der Waals surface area contributed by atoms with Crippen LogP contribution in [0, 0.1) is 69.2 Å². The molecule has 10 aromatic heterocycles. The number of H-pyrrole nitrogens is 2. The van der Waals surface area contributed by atoms with Crippen LogP contribution in [0.2, 0.25) is 0 Å². The van der Waals surface area contributed by atoms with Crippen molar-refractivity contribution in [3.8, 4) is 44.5 Å². The van der Waals surface area contributed by atoms with Crippen LogP contribution >= 0.6 is 137 Å². The Balaban J connectivity index is 0.000000147. The smallest absolute Gasteiger partial charge is 0.405 e. The molecule has 4 aliphatic heterocycles. The topological polar surface area (TPSA) is 249 Å². The fourth-order valence-electron chi connectivity index (χ4n) is 14.1. The van der Waals surface area contributed by atoms with E-state index in [1.54, 1.807) is 0 Å². The molecule has 5 aromatic carbocycles. The van der Waals surface area contributed by atoms with E-state index in [0.29, 0.717) is 0 Å². The number of hydrogen-bond acceptors (Lipinski definition) is 23. The Bertz CT molecular complexity index is 6360. The lowest BCUT2D eigenvalue weighted by atomic mass is 9.49. The van der Waals surface area contributed by atoms with Crippen molar-refractivity contribution >= 4 is 232 Å². The molecule has 4 aliphatic rings. The Labute approximate surface area is 804 Å². The standard InChI is InChI=1S/C21H32B2N2O4.C17H16N4S2.C16H14N4S2.C12H24B2O4.C9H8Br2N2.C8H6Br2N2.C4H4BrNS.2CH4/c1-13-24-17-15(23-28-20(6,7)21(8,9)29-23)11-14(12-16(17)25(13)10)22-26-18(2,3)19(4,5)27-22;1-9-14(7-22-19-9)12-5-13(15-8-23-20-10(15)2)17-16(6-12)21(4)11(3)18-17;1-8-13(6-21-19-8)11-4-12(14-7-22-20-9(14)2)16-15(5-11)17-10(3)18-16;1-9(2)10(3,4)16-13(15-9)14-17-11(5,6)12(7,8)18-14;1-5-12-9-7(11)3-6(10)4-8(9)13(5)2;1-4-11-7-3-5(9)2-6(10)8(7)12-4;1-3-4(5)2-7-6-3;;/h11-12H,1-10H3;5-8H,1-4H3;4-7H,1-3H3,(H,17,18);1-8H3;3-4H,1-2H3;2-3H,1H3,(H,11,12);2H,1H3;2*1H4. The average Bonchev–Trinajstić information content (AvgIpc) is 1.62. The molecule has 126 heavy (non-hydrogen) atoms. The van der Waals surface area contributed by atoms with E-state index in [-0.39, 0.29) is 37.3 Å². The number of hydrogen-bond donors (Lipinski definition) is 2. The molecule has 37 heteroatoms. The number of fused-ring (bicyclic) bond motifs is 5. The highest BCUT2D eigenvalue weighted by Gasteiger charge is 2.64. The van der Waals surface area contributed by atoms with E-state index in [4.69, 9.17) is 47.2 Å². The molecule has 0 saturated carbocycles. The van der Waals surface area contributed by atoms with Crippen LogP contribution in [0.1, 0.15) is 183 Å². The van der Waals surface area contributed by atoms with E-state index in [2.05, 4.69) is 280 Å². The maximum absolute atomic E-state index is 6.35. The summed E-state index contributed by atoms with van der Waals surface area (Å²) in [5.41, 5.74) is 23.7. The monoisotopic (exact) mass is 2120 g/mol. The predicted octanol–water partition coefficient (Wildman–Crippen LogP) is 24.5. The maximum Gasteiger partial charge on any atom is 0.497 e. The van der Waals surface area contributed by atoms with Gasteiger partial charge >= 0.3 is 28.3 Å². The number of rotatable bonds is 7. The molecular weight excluding hydrogens is 2010 g/mol. The second kappa shape index (κ2) is 38.3. The number of imidazole rings is 5. The van der Waals surface area contributed by atoms with Gasteiger partial charge in [-0.2, -0.15) is 21.9 Å². The number of benzene rings is 5. The van der Waals surface area contributed by atoms with Crippen molar-refractivity contribution in [2.45, 2.75) is 240 Å². The molecule has 4 saturated heterocycles. The van der Waals surface area contributed by atoms with Gasteiger partial charge in [-0.15, -0.1) is 0 Å². The van der Waals surface area contributed by atoms with E-state index in [1.807, 2.05) is 148 Å². The molecule has 4 fully saturated rings. The molecule has 0 spiro atoms. The summed E-state index contributed by atoms with van der Waals surface area (Å²) in [5, 5.41) is 10.4. The van der Waals surface area contributed by atoms with Crippen molar-refractivity contribution in [1.82, 2.24) is 70.5 Å². The lowest BCUT2D eigenvalue weighted by Gasteiger charge is -2.32. The summed E-state index contributed by atoms with van der Waals surface area (Å²) in [6, 6.07) is 21.1. The highest BCUT2D eigenvalue weighted by Crippen LogP contribution is 2.46. The molecule has 2 N–H and O–H groups in total. The van der Waals surface area contributed by atoms with E-state index in [1.165, 1.54) is 85.5 Å². The third-order valence-electron chi connectivity index (χ3n) is 24.6. The van der Waals surface area contributed by atoms with Crippen molar-refractivity contribution < 1.29 is 37.2 Å². The van der Waals surface area contributed by atoms with Crippen LogP contribution in [-0.4, -0.2) is 144 Å². The minimum absolute atomic E-state index is 0. The minimum Gasteiger partial charge on any atom is -0.405 e. The van der Waals surface area contributed by atoms with Gasteiger partial charge in [-0.05, 0) is 357 Å². The molecule has 0 amide bonds. The van der Waals surface area contributed by atoms with Crippen molar-refractivity contribution in [3.63, 3.8) is 0 Å². The average molecular weight is 2120 g/mol. The maximum atomic E-state index is 6.35. The van der Waals surface area contributed by atoms with Crippen LogP contribution in [0.3, 0.4) is 0 Å². The summed E-state index contributed by atoms with van der Waals surface area (Å²) in [6.07, 6.45) is 0. The number of aromatic nitrogens is 15. The molecule has 0 aliphatic carbocycles. The number of nitrogens with one attached hydrogen (secondary N) is 2. The number of nitrogens with zero attached hydrogens (tertiary/aromatic N) is 13. The zero-order valence-corrected chi connectivity index (χ0v) is 87.5. The van der Waals surface area contributed by atoms with Gasteiger partial charge in [-0.1, -0.05) is 52.8 Å². The first-order chi connectivity index (χ1) is 57.8. The Kier molecular flexibility index (Phi) is 30.5. The number of aryl methyl sites for hydroxylation is 13. The third-order valence-corrected chi connectivity index (χ3v) is 31.5. The van der Waals surface area contributed by atoms with Gasteiger partial charge in [0.25, 0.3) is 0 Å². The largest absolute Gasteiger partial charge is 0.497 e. The SMILES string of the molecule is C.C.CC1(C)OB(B2OC(C)(C)C(C)(C)O2)OC1(C)C.Cc1nc2c(-c3csnc3C)cc(-c3csnc3C)cc2[nH]1.Cc1nc2c(B3OC(C)(C)C(C)(C)O3)cc(B3OC(C)(C)C(C)(C)O3)cc2n1C.Cc1nc2c(Br)cc(Br)cc2[nH]1.Cc1nc2c(Br)cc(Br)cc2n1C.Cc1nscc1-c1cc(-c2csnc2C)c2nc(C)n(C)c2c1.Cc1nscc1Br. The first-order valence-electron chi connectivity index (χ1n) is 40.5. The minimum atomic E-state index is -0.501. The molecule has 15 aromatic rings. The van der Waals surface area contributed by atoms with E-state index in [9.17, 15) is 0 Å². The van der Waals surface area contributed by atoms with Gasteiger partial charge in [0, 0.05) is 105 Å². The van der Waals surface area contributed by atoms with Gasteiger partial charge < -0.3 is 60.9 Å². The number of halogens is 5. The molecule has 0 unspecified atom stereocenters. The quantitative estimate of drug-likeness (QED) is 0.141. The second-order valence-corrected chi connectivity index (χ2v) is 43.1. The van der Waals surface area contributed by atoms with E-state index < -0.39 is 50.7 Å². The molecule has 19 rings (SSSR count). The molecule has 0 radical (unpaired) electrons. The van der Waals surface area contributed by atoms with Crippen LogP contribution in [0.25, 0.3) is 99.7 Å². The Hall–Kier alpha value is -6.06. The normalized spacial score (nSPS) is 17.0. The van der Waals surface area contributed by atoms with Crippen LogP contribution in [0.4, 0.5) is 0 Å². The zero-order chi connectivity index (χ0) is 90.5. The van der Waals surface area contributed by atoms with Crippen LogP contribution in [-0.2, 0) is 58.4 Å². The summed E-state index contributed by atoms with van der Waals surface area (Å²) in [6.45, 7) is 52.9. The van der Waals surface area contributed by atoms with Crippen LogP contribution in [0.15, 0.2) is 110 Å². The predicted molar refractivity (Wildman–Crippen MR) is 544 cm³/mol. The molecule has 14 heterocycles. The van der Waals surface area contributed by atoms with Gasteiger partial charge in [0.2, 0.25) is 0 Å². The van der Waals surface area contributed by atoms with Gasteiger partial charge in [-0.3, -0.25) is 0 Å². The fourth-order valence-corrected chi connectivity index (χ4v) is 20.6. The summed E-state index contributed by atoms with van der Waals surface area (Å²) >= 11 is 24.6. The summed E-state index contributed by atoms with van der Waals surface area (Å²) in [4.78, 5) is 29.5. The number of aromatic amines is 2. The van der Waals surface area contributed by atoms with Crippen LogP contribution in [0.5, 0.6) is 0 Å². The molecule has 668 valence electrons. The lowest BCUT2D eigenvalue weighted by molar-refractivity contribution is 0.00578. The highest BCUT2D eigenvalue weighted by atomic mass is 79.9. The summed E-state index contributed by atoms with van der Waals surface area (Å²) in [5.74, 6) is 4.83. The van der Waals surface area contributed by atoms with E-state index in [0.717, 1.165) is 163 Å². The Morgan fingerprint density at radius 2 is 0.643 bits per heavy atom. The Morgan fingerprint density at radius 3 is 1.05 bits per heavy atom. The first kappa shape index (κ1) is 100. The Morgan fingerprint density at radius 1 is 0.310 bits per heavy atom. The molecular formula is C89H112B4Br5N15O8S5. The molecule has 0 atom stereocenters. The van der Waals surface area contributed by atoms with E-state index >= 15 is 0 Å². The van der Waals surface area contributed by atoms with Crippen molar-refractivity contribution in [3.05, 3.63) is 168 Å². The van der Waals surface area contributed by atoms with Crippen molar-refractivity contribution in [2.75, 3.05) is 0 Å². The first-order valence-corrected chi connectivity index (χ1v) is 48.6. The fraction of sp³-hybridized carbons (Fsp3) is 0.438. The molecule has 23 nitrogen and oxygen atoms in total. The van der Waals surface area contributed by atoms with Crippen molar-refractivity contribution in [2.24, 2.45) is 21.1 Å². The lowest BCUT2D eigenvalue weighted by Crippen LogP contribution is -2.41. The second-order valence-electron chi connectivity index (χ2n) is 35.6. The summed E-state index contributed by atoms with van der Waals surface area (Å²) in [7, 11) is 4.19. The third kappa shape index (κ3) is 20.6. The zero-order valence-electron chi connectivity index (χ0n) is 75.5. The summed E-state index contributed by atoms with van der Waals surface area (Å²) < 4.78 is 82.4. The van der Waals surface area contributed by atoms with Gasteiger partial charge in [0.15, 0.2) is 0 Å². The van der Waals surface area contributed by atoms with Crippen molar-refractivity contribution in [1.29, 1.82) is 0 Å². The van der Waals surface area contributed by atoms with Gasteiger partial charge in [0.1, 0.15) is 40.2 Å².